The largest absolute Gasteiger partial charge is 0.476 e. The number of fused-ring (bicyclic) bond motifs is 1. The van der Waals surface area contributed by atoms with Gasteiger partial charge in [0, 0.05) is 17.4 Å². The molecule has 21 heavy (non-hydrogen) atoms. The lowest BCUT2D eigenvalue weighted by Crippen LogP contribution is -2.36. The van der Waals surface area contributed by atoms with E-state index in [1.54, 1.807) is 6.20 Å². The Bertz CT molecular complexity index is 445. The van der Waals surface area contributed by atoms with Crippen molar-refractivity contribution in [3.05, 3.63) is 12.5 Å². The Morgan fingerprint density at radius 2 is 2.38 bits per heavy atom. The van der Waals surface area contributed by atoms with Gasteiger partial charge < -0.3 is 20.2 Å². The first-order valence-electron chi connectivity index (χ1n) is 7.17. The summed E-state index contributed by atoms with van der Waals surface area (Å²) in [5.41, 5.74) is 0. The van der Waals surface area contributed by atoms with E-state index in [2.05, 4.69) is 10.6 Å². The smallest absolute Gasteiger partial charge is 0.332 e. The van der Waals surface area contributed by atoms with Crippen molar-refractivity contribution in [1.29, 1.82) is 0 Å². The summed E-state index contributed by atoms with van der Waals surface area (Å²) in [4.78, 5) is 27.9. The molecule has 3 aliphatic heterocycles. The van der Waals surface area contributed by atoms with Crippen LogP contribution in [0.2, 0.25) is 0 Å². The van der Waals surface area contributed by atoms with Gasteiger partial charge in [0.25, 0.3) is 0 Å². The maximum absolute atomic E-state index is 11.6. The number of ether oxygens (including phenoxy) is 1. The Labute approximate surface area is 127 Å². The van der Waals surface area contributed by atoms with E-state index in [0.29, 0.717) is 11.7 Å². The summed E-state index contributed by atoms with van der Waals surface area (Å²) in [6.07, 6.45) is 6.24. The highest BCUT2D eigenvalue weighted by Crippen LogP contribution is 2.33. The number of nitrogens with one attached hydrogen (secondary N) is 2. The number of amides is 2. The number of hydrogen-bond donors (Lipinski definition) is 2. The highest BCUT2D eigenvalue weighted by atomic mass is 32.2. The Morgan fingerprint density at radius 1 is 1.48 bits per heavy atom. The van der Waals surface area contributed by atoms with Crippen LogP contribution < -0.4 is 10.6 Å². The first-order chi connectivity index (χ1) is 10.2. The highest BCUT2D eigenvalue weighted by Gasteiger charge is 2.42. The minimum absolute atomic E-state index is 0.0558. The number of unbranched alkanes of at least 4 members (excludes halogenated alkanes) is 1. The summed E-state index contributed by atoms with van der Waals surface area (Å²) >= 11 is 1.89. The Balaban J connectivity index is 1.30. The Morgan fingerprint density at radius 3 is 3.19 bits per heavy atom. The Kier molecular flexibility index (Phi) is 4.42. The molecule has 0 unspecified atom stereocenters. The van der Waals surface area contributed by atoms with Gasteiger partial charge in [0.15, 0.2) is 6.73 Å². The molecule has 2 fully saturated rings. The molecule has 116 valence electrons. The van der Waals surface area contributed by atoms with Crippen molar-refractivity contribution >= 4 is 23.8 Å². The van der Waals surface area contributed by atoms with E-state index in [0.717, 1.165) is 25.0 Å². The number of carbonyl (C=O) groups is 2. The molecular formula is C13H19N3O4S. The van der Waals surface area contributed by atoms with Crippen LogP contribution in [0.5, 0.6) is 0 Å². The summed E-state index contributed by atoms with van der Waals surface area (Å²) in [5, 5.41) is 7.72. The highest BCUT2D eigenvalue weighted by molar-refractivity contribution is 8.00. The third-order valence-electron chi connectivity index (χ3n) is 3.80. The van der Waals surface area contributed by atoms with E-state index in [-0.39, 0.29) is 30.8 Å². The molecule has 2 amide bonds. The summed E-state index contributed by atoms with van der Waals surface area (Å²) in [7, 11) is 0. The van der Waals surface area contributed by atoms with Crippen LogP contribution in [0.4, 0.5) is 4.79 Å². The standard InChI is InChI=1S/C13H19N3O4S/c17-11(20-16-5-6-19-8-16)4-2-1-3-10-12-9(7-21-10)14-13(18)15-12/h5-6,9-10,12H,1-4,7-8H2,(H2,14,15,18)/t9-,10-,12-/m0/s1. The number of thioether (sulfide) groups is 1. The lowest BCUT2D eigenvalue weighted by Gasteiger charge is -2.16. The SMILES string of the molecule is O=C1N[C@H]2[C@H](CS[C@H]2CCCCC(=O)ON2C=COC2)N1. The van der Waals surface area contributed by atoms with E-state index in [1.165, 1.54) is 11.3 Å². The maximum Gasteiger partial charge on any atom is 0.332 e. The first-order valence-corrected chi connectivity index (χ1v) is 8.21. The quantitative estimate of drug-likeness (QED) is 0.561. The molecular weight excluding hydrogens is 294 g/mol. The van der Waals surface area contributed by atoms with Gasteiger partial charge >= 0.3 is 12.0 Å². The molecule has 0 bridgehead atoms. The molecule has 8 heteroatoms. The van der Waals surface area contributed by atoms with Crippen LogP contribution in [0.1, 0.15) is 25.7 Å². The zero-order valence-electron chi connectivity index (χ0n) is 11.6. The molecule has 0 aromatic heterocycles. The molecule has 0 aliphatic carbocycles. The monoisotopic (exact) mass is 313 g/mol. The normalized spacial score (nSPS) is 29.8. The summed E-state index contributed by atoms with van der Waals surface area (Å²) < 4.78 is 4.92. The number of hydrogen-bond acceptors (Lipinski definition) is 6. The fraction of sp³-hybridized carbons (Fsp3) is 0.692. The molecule has 0 saturated carbocycles. The second-order valence-electron chi connectivity index (χ2n) is 5.33. The molecule has 0 spiro atoms. The predicted octanol–water partition coefficient (Wildman–Crippen LogP) is 0.931. The van der Waals surface area contributed by atoms with E-state index in [1.807, 2.05) is 11.8 Å². The van der Waals surface area contributed by atoms with E-state index < -0.39 is 0 Å². The lowest BCUT2D eigenvalue weighted by atomic mass is 10.0. The molecule has 0 radical (unpaired) electrons. The second kappa shape index (κ2) is 6.46. The third-order valence-corrected chi connectivity index (χ3v) is 5.31. The van der Waals surface area contributed by atoms with Crippen LogP contribution in [0.15, 0.2) is 12.5 Å². The average Bonchev–Trinajstić information content (AvgIpc) is 3.13. The number of nitrogens with zero attached hydrogens (tertiary/aromatic N) is 1. The van der Waals surface area contributed by atoms with Gasteiger partial charge in [-0.25, -0.2) is 9.59 Å². The molecule has 3 heterocycles. The van der Waals surface area contributed by atoms with Gasteiger partial charge in [-0.2, -0.15) is 16.8 Å². The van der Waals surface area contributed by atoms with Gasteiger partial charge in [0.05, 0.1) is 18.3 Å². The van der Waals surface area contributed by atoms with E-state index >= 15 is 0 Å². The lowest BCUT2D eigenvalue weighted by molar-refractivity contribution is -0.185. The molecule has 3 atom stereocenters. The first kappa shape index (κ1) is 14.4. The molecule has 2 saturated heterocycles. The molecule has 0 aromatic carbocycles. The van der Waals surface area contributed by atoms with Crippen LogP contribution in [0.25, 0.3) is 0 Å². The van der Waals surface area contributed by atoms with Crippen molar-refractivity contribution in [2.75, 3.05) is 12.5 Å². The third kappa shape index (κ3) is 3.55. The van der Waals surface area contributed by atoms with Crippen molar-refractivity contribution in [3.63, 3.8) is 0 Å². The zero-order chi connectivity index (χ0) is 14.7. The molecule has 0 aromatic rings. The van der Waals surface area contributed by atoms with Crippen molar-refractivity contribution in [2.24, 2.45) is 0 Å². The number of carbonyl (C=O) groups excluding carboxylic acids is 2. The van der Waals surface area contributed by atoms with Crippen LogP contribution in [-0.2, 0) is 14.4 Å². The van der Waals surface area contributed by atoms with Gasteiger partial charge in [0.2, 0.25) is 0 Å². The van der Waals surface area contributed by atoms with Gasteiger partial charge in [-0.05, 0) is 12.8 Å². The van der Waals surface area contributed by atoms with E-state index in [9.17, 15) is 9.59 Å². The average molecular weight is 313 g/mol. The van der Waals surface area contributed by atoms with Crippen molar-refractivity contribution in [1.82, 2.24) is 15.7 Å². The molecule has 3 rings (SSSR count). The minimum atomic E-state index is -0.238. The van der Waals surface area contributed by atoms with Crippen molar-refractivity contribution in [2.45, 2.75) is 43.0 Å². The molecule has 7 nitrogen and oxygen atoms in total. The molecule has 2 N–H and O–H groups in total. The fourth-order valence-electron chi connectivity index (χ4n) is 2.76. The minimum Gasteiger partial charge on any atom is -0.476 e. The number of urea groups is 1. The maximum atomic E-state index is 11.6. The van der Waals surface area contributed by atoms with Crippen LogP contribution >= 0.6 is 11.8 Å². The van der Waals surface area contributed by atoms with Gasteiger partial charge in [-0.1, -0.05) is 6.42 Å². The van der Waals surface area contributed by atoms with Gasteiger partial charge in [0.1, 0.15) is 6.26 Å². The fourth-order valence-corrected chi connectivity index (χ4v) is 4.31. The van der Waals surface area contributed by atoms with Crippen LogP contribution in [0.3, 0.4) is 0 Å². The van der Waals surface area contributed by atoms with Crippen LogP contribution in [0, 0.1) is 0 Å². The number of rotatable bonds is 6. The zero-order valence-corrected chi connectivity index (χ0v) is 12.4. The van der Waals surface area contributed by atoms with Gasteiger partial charge in [-0.3, -0.25) is 0 Å². The van der Waals surface area contributed by atoms with Crippen molar-refractivity contribution in [3.8, 4) is 0 Å². The topological polar surface area (TPSA) is 79.9 Å². The number of hydroxylamine groups is 2. The Hall–Kier alpha value is -1.57. The summed E-state index contributed by atoms with van der Waals surface area (Å²) in [6.45, 7) is 0.264. The van der Waals surface area contributed by atoms with Gasteiger partial charge in [-0.15, -0.1) is 0 Å². The second-order valence-corrected chi connectivity index (χ2v) is 6.60. The van der Waals surface area contributed by atoms with E-state index in [4.69, 9.17) is 9.57 Å². The molecule has 3 aliphatic rings. The van der Waals surface area contributed by atoms with Crippen LogP contribution in [-0.4, -0.2) is 46.9 Å². The summed E-state index contributed by atoms with van der Waals surface area (Å²) in [5.74, 6) is 0.732. The van der Waals surface area contributed by atoms with Crippen molar-refractivity contribution < 1.29 is 19.2 Å². The predicted molar refractivity (Wildman–Crippen MR) is 77.0 cm³/mol. The summed E-state index contributed by atoms with van der Waals surface area (Å²) in [6, 6.07) is 0.445.